The number of benzene rings is 1. The van der Waals surface area contributed by atoms with E-state index in [1.807, 2.05) is 23.1 Å². The molecule has 1 heterocycles. The first kappa shape index (κ1) is 19.7. The number of hydrogen-bond donors (Lipinski definition) is 3. The highest BCUT2D eigenvalue weighted by Crippen LogP contribution is 2.15. The number of carbonyl (C=O) groups excluding carboxylic acids is 3. The average Bonchev–Trinajstić information content (AvgIpc) is 2.70. The first-order valence-corrected chi connectivity index (χ1v) is 8.91. The van der Waals surface area contributed by atoms with Crippen molar-refractivity contribution < 1.29 is 14.4 Å². The summed E-state index contributed by atoms with van der Waals surface area (Å²) in [6.45, 7) is 3.26. The summed E-state index contributed by atoms with van der Waals surface area (Å²) in [7, 11) is 0. The molecule has 0 aliphatic carbocycles. The first-order valence-electron chi connectivity index (χ1n) is 8.91. The largest absolute Gasteiger partial charge is 0.368 e. The van der Waals surface area contributed by atoms with Crippen LogP contribution in [0.25, 0.3) is 0 Å². The molecule has 0 radical (unpaired) electrons. The number of carbonyl (C=O) groups is 3. The highest BCUT2D eigenvalue weighted by Gasteiger charge is 2.20. The quantitative estimate of drug-likeness (QED) is 0.531. The third-order valence-electron chi connectivity index (χ3n) is 4.27. The molecule has 1 aromatic carbocycles. The standard InChI is InChI=1S/C18H27N5O3/c19-13-16(24)21-14-17(25)20-8-4-7-18(26)23-11-9-22(10-12-23)15-5-2-1-3-6-15/h1-3,5-6H,4,7-14,19H2,(H,20,25)(H,21,24). The van der Waals surface area contributed by atoms with Crippen LogP contribution < -0.4 is 21.3 Å². The van der Waals surface area contributed by atoms with Gasteiger partial charge in [0.15, 0.2) is 0 Å². The van der Waals surface area contributed by atoms with Crippen LogP contribution in [0.5, 0.6) is 0 Å². The SMILES string of the molecule is NCC(=O)NCC(=O)NCCCC(=O)N1CCN(c2ccccc2)CC1. The van der Waals surface area contributed by atoms with Crippen LogP contribution >= 0.6 is 0 Å². The molecule has 0 saturated carbocycles. The third kappa shape index (κ3) is 6.36. The lowest BCUT2D eigenvalue weighted by atomic mass is 10.2. The number of amides is 3. The molecule has 0 aromatic heterocycles. The number of para-hydroxylation sites is 1. The Labute approximate surface area is 153 Å². The van der Waals surface area contributed by atoms with E-state index in [0.717, 1.165) is 13.1 Å². The monoisotopic (exact) mass is 361 g/mol. The van der Waals surface area contributed by atoms with Crippen molar-refractivity contribution in [3.8, 4) is 0 Å². The fraction of sp³-hybridized carbons (Fsp3) is 0.500. The van der Waals surface area contributed by atoms with Crippen LogP contribution in [-0.4, -0.2) is 68.4 Å². The molecule has 1 fully saturated rings. The average molecular weight is 361 g/mol. The van der Waals surface area contributed by atoms with Gasteiger partial charge in [0.05, 0.1) is 13.1 Å². The molecule has 2 rings (SSSR count). The molecule has 1 aromatic rings. The highest BCUT2D eigenvalue weighted by molar-refractivity contribution is 5.85. The Kier molecular flexibility index (Phi) is 7.88. The molecule has 26 heavy (non-hydrogen) atoms. The number of nitrogens with zero attached hydrogens (tertiary/aromatic N) is 2. The minimum Gasteiger partial charge on any atom is -0.368 e. The van der Waals surface area contributed by atoms with Crippen molar-refractivity contribution in [2.45, 2.75) is 12.8 Å². The van der Waals surface area contributed by atoms with Crippen LogP contribution in [0.3, 0.4) is 0 Å². The Morgan fingerprint density at radius 1 is 0.962 bits per heavy atom. The molecule has 8 heteroatoms. The molecule has 142 valence electrons. The summed E-state index contributed by atoms with van der Waals surface area (Å²) in [5.41, 5.74) is 6.32. The van der Waals surface area contributed by atoms with Gasteiger partial charge in [0.1, 0.15) is 0 Å². The Bertz CT molecular complexity index is 600. The zero-order chi connectivity index (χ0) is 18.8. The van der Waals surface area contributed by atoms with Crippen molar-refractivity contribution in [2.24, 2.45) is 5.73 Å². The molecule has 4 N–H and O–H groups in total. The van der Waals surface area contributed by atoms with E-state index in [2.05, 4.69) is 27.7 Å². The topological polar surface area (TPSA) is 108 Å². The Morgan fingerprint density at radius 2 is 1.65 bits per heavy atom. The predicted octanol–water partition coefficient (Wildman–Crippen LogP) is -0.693. The lowest BCUT2D eigenvalue weighted by Crippen LogP contribution is -2.48. The summed E-state index contributed by atoms with van der Waals surface area (Å²) < 4.78 is 0. The summed E-state index contributed by atoms with van der Waals surface area (Å²) in [6, 6.07) is 10.2. The molecule has 0 spiro atoms. The summed E-state index contributed by atoms with van der Waals surface area (Å²) in [4.78, 5) is 38.9. The van der Waals surface area contributed by atoms with E-state index >= 15 is 0 Å². The minimum absolute atomic E-state index is 0.0918. The second kappa shape index (κ2) is 10.4. The molecular weight excluding hydrogens is 334 g/mol. The molecule has 0 bridgehead atoms. The number of nitrogens with one attached hydrogen (secondary N) is 2. The number of anilines is 1. The second-order valence-corrected chi connectivity index (χ2v) is 6.14. The molecule has 0 unspecified atom stereocenters. The number of rotatable bonds is 8. The molecule has 1 saturated heterocycles. The smallest absolute Gasteiger partial charge is 0.239 e. The van der Waals surface area contributed by atoms with E-state index in [4.69, 9.17) is 5.73 Å². The van der Waals surface area contributed by atoms with Crippen LogP contribution in [0.15, 0.2) is 30.3 Å². The molecule has 0 atom stereocenters. The Balaban J connectivity index is 1.59. The van der Waals surface area contributed by atoms with Crippen LogP contribution in [0.4, 0.5) is 5.69 Å². The maximum Gasteiger partial charge on any atom is 0.239 e. The molecular formula is C18H27N5O3. The highest BCUT2D eigenvalue weighted by atomic mass is 16.2. The second-order valence-electron chi connectivity index (χ2n) is 6.14. The van der Waals surface area contributed by atoms with E-state index in [1.54, 1.807) is 0 Å². The van der Waals surface area contributed by atoms with E-state index in [1.165, 1.54) is 5.69 Å². The van der Waals surface area contributed by atoms with Crippen LogP contribution in [-0.2, 0) is 14.4 Å². The number of hydrogen-bond acceptors (Lipinski definition) is 5. The fourth-order valence-corrected chi connectivity index (χ4v) is 2.79. The van der Waals surface area contributed by atoms with Crippen molar-refractivity contribution in [1.29, 1.82) is 0 Å². The first-order chi connectivity index (χ1) is 12.6. The molecule has 1 aliphatic rings. The summed E-state index contributed by atoms with van der Waals surface area (Å²) in [6.07, 6.45) is 0.981. The molecule has 3 amide bonds. The van der Waals surface area contributed by atoms with Crippen molar-refractivity contribution in [3.63, 3.8) is 0 Å². The van der Waals surface area contributed by atoms with Crippen molar-refractivity contribution in [1.82, 2.24) is 15.5 Å². The normalized spacial score (nSPS) is 14.0. The van der Waals surface area contributed by atoms with Gasteiger partial charge in [0.2, 0.25) is 17.7 Å². The van der Waals surface area contributed by atoms with Crippen LogP contribution in [0.2, 0.25) is 0 Å². The number of piperazine rings is 1. The van der Waals surface area contributed by atoms with E-state index < -0.39 is 0 Å². The lowest BCUT2D eigenvalue weighted by molar-refractivity contribution is -0.131. The van der Waals surface area contributed by atoms with Gasteiger partial charge in [0.25, 0.3) is 0 Å². The van der Waals surface area contributed by atoms with Crippen molar-refractivity contribution in [3.05, 3.63) is 30.3 Å². The van der Waals surface area contributed by atoms with Gasteiger partial charge >= 0.3 is 0 Å². The van der Waals surface area contributed by atoms with Gasteiger partial charge in [0, 0.05) is 44.8 Å². The van der Waals surface area contributed by atoms with Crippen molar-refractivity contribution in [2.75, 3.05) is 50.7 Å². The zero-order valence-corrected chi connectivity index (χ0v) is 14.9. The van der Waals surface area contributed by atoms with Gasteiger partial charge in [-0.15, -0.1) is 0 Å². The maximum absolute atomic E-state index is 12.3. The summed E-state index contributed by atoms with van der Waals surface area (Å²) in [5, 5.41) is 5.07. The molecule has 1 aliphatic heterocycles. The van der Waals surface area contributed by atoms with Gasteiger partial charge in [-0.25, -0.2) is 0 Å². The maximum atomic E-state index is 12.3. The van der Waals surface area contributed by atoms with E-state index in [0.29, 0.717) is 32.5 Å². The third-order valence-corrected chi connectivity index (χ3v) is 4.27. The Hall–Kier alpha value is -2.61. The van der Waals surface area contributed by atoms with Crippen LogP contribution in [0.1, 0.15) is 12.8 Å². The number of nitrogens with two attached hydrogens (primary N) is 1. The minimum atomic E-state index is -0.370. The molecule has 8 nitrogen and oxygen atoms in total. The van der Waals surface area contributed by atoms with Gasteiger partial charge in [-0.2, -0.15) is 0 Å². The van der Waals surface area contributed by atoms with Crippen molar-refractivity contribution >= 4 is 23.4 Å². The van der Waals surface area contributed by atoms with Gasteiger partial charge < -0.3 is 26.2 Å². The zero-order valence-electron chi connectivity index (χ0n) is 14.9. The van der Waals surface area contributed by atoms with E-state index in [-0.39, 0.29) is 30.8 Å². The Morgan fingerprint density at radius 3 is 2.31 bits per heavy atom. The summed E-state index contributed by atoms with van der Waals surface area (Å²) >= 11 is 0. The fourth-order valence-electron chi connectivity index (χ4n) is 2.79. The van der Waals surface area contributed by atoms with Crippen LogP contribution in [0, 0.1) is 0 Å². The van der Waals surface area contributed by atoms with E-state index in [9.17, 15) is 14.4 Å². The van der Waals surface area contributed by atoms with Gasteiger partial charge in [-0.05, 0) is 18.6 Å². The summed E-state index contributed by atoms with van der Waals surface area (Å²) in [5.74, 6) is -0.538. The lowest BCUT2D eigenvalue weighted by Gasteiger charge is -2.36. The van der Waals surface area contributed by atoms with Gasteiger partial charge in [-0.3, -0.25) is 14.4 Å². The predicted molar refractivity (Wildman–Crippen MR) is 99.5 cm³/mol. The van der Waals surface area contributed by atoms with Gasteiger partial charge in [-0.1, -0.05) is 18.2 Å².